The maximum atomic E-state index is 5.83. The van der Waals surface area contributed by atoms with Gasteiger partial charge in [0.1, 0.15) is 49.1 Å². The zero-order chi connectivity index (χ0) is 20.1. The fourth-order valence-corrected chi connectivity index (χ4v) is 4.35. The van der Waals surface area contributed by atoms with Crippen LogP contribution in [0.2, 0.25) is 0 Å². The van der Waals surface area contributed by atoms with E-state index in [1.165, 1.54) is 14.7 Å². The molecule has 0 nitrogen and oxygen atoms in total. The Morgan fingerprint density at radius 1 is 0.400 bits per heavy atom. The Hall–Kier alpha value is -0.630. The quantitative estimate of drug-likeness (QED) is 0.353. The summed E-state index contributed by atoms with van der Waals surface area (Å²) in [7, 11) is 17.2. The standard InChI is InChI=1S/3C7H8ClS.3FH/c3*1-9(8)7-5-3-2-4-6-7;;;/h3*2-6H,1H3;3*1H/q3*+1;;;/p-3. The Labute approximate surface area is 200 Å². The Balaban J connectivity index is -0.000000347. The summed E-state index contributed by atoms with van der Waals surface area (Å²) in [5, 5.41) is 0. The first-order valence-corrected chi connectivity index (χ1v) is 15.4. The SMILES string of the molecule is C[S+](Cl)c1ccccc1.C[S+](Cl)c1ccccc1.C[S+](Cl)c1ccccc1.[F-].[F-].[F-]. The van der Waals surface area contributed by atoms with E-state index in [1.807, 2.05) is 110 Å². The molecule has 30 heavy (non-hydrogen) atoms. The molecule has 0 aliphatic rings. The van der Waals surface area contributed by atoms with Crippen LogP contribution in [0.3, 0.4) is 0 Å². The molecule has 3 aromatic carbocycles. The minimum atomic E-state index is -0.107. The highest BCUT2D eigenvalue weighted by Crippen LogP contribution is 2.14. The number of hydrogen-bond acceptors (Lipinski definition) is 0. The van der Waals surface area contributed by atoms with Gasteiger partial charge in [0.15, 0.2) is 46.7 Å². The van der Waals surface area contributed by atoms with Crippen LogP contribution >= 0.6 is 32.0 Å². The lowest BCUT2D eigenvalue weighted by molar-refractivity contribution is -0.00100. The van der Waals surface area contributed by atoms with Crippen molar-refractivity contribution in [1.29, 1.82) is 0 Å². The Morgan fingerprint density at radius 2 is 0.567 bits per heavy atom. The summed E-state index contributed by atoms with van der Waals surface area (Å²) in [6.45, 7) is 0. The predicted molar refractivity (Wildman–Crippen MR) is 132 cm³/mol. The minimum Gasteiger partial charge on any atom is -1.00 e. The number of rotatable bonds is 3. The van der Waals surface area contributed by atoms with Crippen molar-refractivity contribution in [2.24, 2.45) is 0 Å². The number of hydrogen-bond donors (Lipinski definition) is 0. The van der Waals surface area contributed by atoms with Crippen molar-refractivity contribution in [1.82, 2.24) is 0 Å². The van der Waals surface area contributed by atoms with Gasteiger partial charge in [-0.1, -0.05) is 54.6 Å². The van der Waals surface area contributed by atoms with E-state index < -0.39 is 0 Å². The monoisotopic (exact) mass is 534 g/mol. The number of benzene rings is 3. The van der Waals surface area contributed by atoms with Gasteiger partial charge in [-0.15, -0.1) is 0 Å². The second-order valence-corrected chi connectivity index (χ2v) is 13.4. The summed E-state index contributed by atoms with van der Waals surface area (Å²) in [4.78, 5) is 3.62. The largest absolute Gasteiger partial charge is 1.00 e. The molecule has 0 bridgehead atoms. The molecular formula is C21H24Cl3F3S3. The van der Waals surface area contributed by atoms with Crippen molar-refractivity contribution in [3.05, 3.63) is 91.0 Å². The molecule has 0 N–H and O–H groups in total. The van der Waals surface area contributed by atoms with Gasteiger partial charge in [0.2, 0.25) is 0 Å². The minimum absolute atomic E-state index is 0. The van der Waals surface area contributed by atoms with E-state index in [0.29, 0.717) is 0 Å². The van der Waals surface area contributed by atoms with Crippen LogP contribution in [0.15, 0.2) is 106 Å². The molecule has 0 radical (unpaired) electrons. The van der Waals surface area contributed by atoms with Crippen LogP contribution in [0.25, 0.3) is 0 Å². The lowest BCUT2D eigenvalue weighted by Crippen LogP contribution is -3.00. The van der Waals surface area contributed by atoms with Gasteiger partial charge in [-0.05, 0) is 36.4 Å². The van der Waals surface area contributed by atoms with Gasteiger partial charge in [0.25, 0.3) is 0 Å². The molecule has 0 heterocycles. The first kappa shape index (κ1) is 34.0. The summed E-state index contributed by atoms with van der Waals surface area (Å²) in [6.07, 6.45) is 5.99. The van der Waals surface area contributed by atoms with Crippen LogP contribution in [0.5, 0.6) is 0 Å². The summed E-state index contributed by atoms with van der Waals surface area (Å²) >= 11 is 0. The predicted octanol–water partition coefficient (Wildman–Crippen LogP) is -1.65. The van der Waals surface area contributed by atoms with Crippen LogP contribution in [0, 0.1) is 0 Å². The van der Waals surface area contributed by atoms with Gasteiger partial charge >= 0.3 is 0 Å². The Bertz CT molecular complexity index is 632. The molecular weight excluding hydrogens is 512 g/mol. The molecule has 3 unspecified atom stereocenters. The first-order chi connectivity index (χ1) is 12.9. The maximum absolute atomic E-state index is 5.83. The van der Waals surface area contributed by atoms with Gasteiger partial charge in [-0.3, -0.25) is 0 Å². The van der Waals surface area contributed by atoms with Gasteiger partial charge in [-0.25, -0.2) is 0 Å². The first-order valence-electron chi connectivity index (χ1n) is 8.03. The van der Waals surface area contributed by atoms with Crippen LogP contribution in [0.4, 0.5) is 0 Å². The Kier molecular flexibility index (Phi) is 23.0. The second kappa shape index (κ2) is 20.3. The molecule has 0 amide bonds. The highest BCUT2D eigenvalue weighted by Gasteiger charge is 2.10. The van der Waals surface area contributed by atoms with Gasteiger partial charge in [-0.2, -0.15) is 0 Å². The van der Waals surface area contributed by atoms with E-state index in [-0.39, 0.29) is 44.4 Å². The van der Waals surface area contributed by atoms with Crippen molar-refractivity contribution in [2.75, 3.05) is 18.8 Å². The van der Waals surface area contributed by atoms with Gasteiger partial charge < -0.3 is 14.1 Å². The van der Waals surface area contributed by atoms with Crippen LogP contribution < -0.4 is 14.1 Å². The van der Waals surface area contributed by atoms with Crippen molar-refractivity contribution < 1.29 is 14.1 Å². The van der Waals surface area contributed by atoms with Gasteiger partial charge in [0, 0.05) is 0 Å². The second-order valence-electron chi connectivity index (χ2n) is 5.25. The summed E-state index contributed by atoms with van der Waals surface area (Å²) in [5.41, 5.74) is 0. The third-order valence-corrected chi connectivity index (χ3v) is 7.57. The summed E-state index contributed by atoms with van der Waals surface area (Å²) in [6, 6.07) is 30.2. The highest BCUT2D eigenvalue weighted by molar-refractivity contribution is 8.18. The fourth-order valence-electron chi connectivity index (χ4n) is 1.82. The fraction of sp³-hybridized carbons (Fsp3) is 0.143. The zero-order valence-corrected chi connectivity index (χ0v) is 21.4. The van der Waals surface area contributed by atoms with Crippen molar-refractivity contribution in [3.63, 3.8) is 0 Å². The average molecular weight is 536 g/mol. The van der Waals surface area contributed by atoms with E-state index in [0.717, 1.165) is 0 Å². The van der Waals surface area contributed by atoms with Gasteiger partial charge in [0.05, 0.1) is 0 Å². The third-order valence-electron chi connectivity index (χ3n) is 3.20. The molecule has 3 aromatic rings. The van der Waals surface area contributed by atoms with Crippen LogP contribution in [-0.2, 0) is 30.3 Å². The van der Waals surface area contributed by atoms with Crippen molar-refractivity contribution in [3.8, 4) is 0 Å². The molecule has 0 aliphatic carbocycles. The van der Waals surface area contributed by atoms with Crippen molar-refractivity contribution >= 4 is 62.4 Å². The summed E-state index contributed by atoms with van der Waals surface area (Å²) < 4.78 is 0. The van der Waals surface area contributed by atoms with E-state index in [2.05, 4.69) is 0 Å². The van der Waals surface area contributed by atoms with Crippen LogP contribution in [-0.4, -0.2) is 18.8 Å². The lowest BCUT2D eigenvalue weighted by Gasteiger charge is -1.87. The number of halogens is 6. The average Bonchev–Trinajstić information content (AvgIpc) is 2.71. The molecule has 3 rings (SSSR count). The molecule has 0 aliphatic heterocycles. The van der Waals surface area contributed by atoms with E-state index in [9.17, 15) is 0 Å². The van der Waals surface area contributed by atoms with E-state index in [1.54, 1.807) is 0 Å². The Morgan fingerprint density at radius 3 is 0.667 bits per heavy atom. The normalized spacial score (nSPS) is 11.8. The molecule has 0 spiro atoms. The molecule has 9 heteroatoms. The lowest BCUT2D eigenvalue weighted by atomic mass is 10.4. The molecule has 0 aromatic heterocycles. The third kappa shape index (κ3) is 15.2. The molecule has 0 saturated heterocycles. The summed E-state index contributed by atoms with van der Waals surface area (Å²) in [5.74, 6) is 0. The topological polar surface area (TPSA) is 0 Å². The molecule has 168 valence electrons. The molecule has 3 atom stereocenters. The van der Waals surface area contributed by atoms with E-state index in [4.69, 9.17) is 32.0 Å². The van der Waals surface area contributed by atoms with E-state index >= 15 is 0 Å². The van der Waals surface area contributed by atoms with Crippen LogP contribution in [0.1, 0.15) is 0 Å². The highest BCUT2D eigenvalue weighted by atomic mass is 35.7. The molecule has 0 saturated carbocycles. The molecule has 0 fully saturated rings. The smallest absolute Gasteiger partial charge is 0.182 e. The zero-order valence-electron chi connectivity index (χ0n) is 16.7. The maximum Gasteiger partial charge on any atom is 0.182 e. The van der Waals surface area contributed by atoms with Crippen molar-refractivity contribution in [2.45, 2.75) is 14.7 Å².